The monoisotopic (exact) mass is 323 g/mol. The van der Waals surface area contributed by atoms with Gasteiger partial charge in [0.2, 0.25) is 0 Å². The minimum Gasteiger partial charge on any atom is -0.425 e. The standard InChI is InChI=1S/C19H21N3O2/c1-2-3-6-17-14(12-20)5-4-7-18(17)22-13-19(23)24-16-10-8-15(21)9-11-16/h4-5,7-11,22H,2-3,6,13,21H2,1H3. The molecule has 0 saturated heterocycles. The van der Waals surface area contributed by atoms with Crippen LogP contribution < -0.4 is 15.8 Å². The summed E-state index contributed by atoms with van der Waals surface area (Å²) in [7, 11) is 0. The van der Waals surface area contributed by atoms with Gasteiger partial charge in [-0.15, -0.1) is 0 Å². The number of ether oxygens (including phenoxy) is 1. The Hall–Kier alpha value is -3.00. The summed E-state index contributed by atoms with van der Waals surface area (Å²) in [4.78, 5) is 12.0. The SMILES string of the molecule is CCCCc1c(C#N)cccc1NCC(=O)Oc1ccc(N)cc1. The Kier molecular flexibility index (Phi) is 6.21. The van der Waals surface area contributed by atoms with Crippen molar-refractivity contribution in [2.24, 2.45) is 0 Å². The van der Waals surface area contributed by atoms with Crippen LogP contribution in [-0.2, 0) is 11.2 Å². The highest BCUT2D eigenvalue weighted by molar-refractivity contribution is 5.78. The number of carbonyl (C=O) groups is 1. The lowest BCUT2D eigenvalue weighted by Crippen LogP contribution is -2.20. The Morgan fingerprint density at radius 1 is 1.25 bits per heavy atom. The number of carbonyl (C=O) groups excluding carboxylic acids is 1. The van der Waals surface area contributed by atoms with Crippen molar-refractivity contribution in [1.82, 2.24) is 0 Å². The van der Waals surface area contributed by atoms with E-state index in [1.807, 2.05) is 12.1 Å². The number of nitrogens with zero attached hydrogens (tertiary/aromatic N) is 1. The van der Waals surface area contributed by atoms with Crippen LogP contribution in [0.15, 0.2) is 42.5 Å². The molecule has 2 aromatic carbocycles. The van der Waals surface area contributed by atoms with Crippen LogP contribution in [0.4, 0.5) is 11.4 Å². The van der Waals surface area contributed by atoms with Crippen molar-refractivity contribution in [2.45, 2.75) is 26.2 Å². The molecule has 2 aromatic rings. The molecule has 3 N–H and O–H groups in total. The molecule has 0 aliphatic carbocycles. The molecule has 0 amide bonds. The summed E-state index contributed by atoms with van der Waals surface area (Å²) >= 11 is 0. The van der Waals surface area contributed by atoms with Gasteiger partial charge in [-0.1, -0.05) is 19.4 Å². The molecule has 0 spiro atoms. The molecule has 0 aliphatic rings. The predicted octanol–water partition coefficient (Wildman–Crippen LogP) is 3.50. The van der Waals surface area contributed by atoms with E-state index in [0.29, 0.717) is 17.0 Å². The molecule has 0 radical (unpaired) electrons. The summed E-state index contributed by atoms with van der Waals surface area (Å²) in [5, 5.41) is 12.3. The molecule has 0 atom stereocenters. The number of anilines is 2. The zero-order valence-corrected chi connectivity index (χ0v) is 13.7. The van der Waals surface area contributed by atoms with Gasteiger partial charge in [0.25, 0.3) is 0 Å². The average molecular weight is 323 g/mol. The summed E-state index contributed by atoms with van der Waals surface area (Å²) in [6.45, 7) is 2.13. The Balaban J connectivity index is 2.01. The summed E-state index contributed by atoms with van der Waals surface area (Å²) in [5.74, 6) is 0.0524. The normalized spacial score (nSPS) is 10.0. The molecule has 5 nitrogen and oxygen atoms in total. The van der Waals surface area contributed by atoms with Crippen LogP contribution in [-0.4, -0.2) is 12.5 Å². The second-order valence-corrected chi connectivity index (χ2v) is 5.44. The van der Waals surface area contributed by atoms with Crippen LogP contribution in [0.3, 0.4) is 0 Å². The Labute approximate surface area is 142 Å². The van der Waals surface area contributed by atoms with Crippen LogP contribution in [0.5, 0.6) is 5.75 Å². The third kappa shape index (κ3) is 4.75. The van der Waals surface area contributed by atoms with Crippen molar-refractivity contribution in [3.63, 3.8) is 0 Å². The molecule has 24 heavy (non-hydrogen) atoms. The number of nitriles is 1. The van der Waals surface area contributed by atoms with Gasteiger partial charge in [-0.2, -0.15) is 5.26 Å². The number of nitrogen functional groups attached to an aromatic ring is 1. The maximum atomic E-state index is 12.0. The van der Waals surface area contributed by atoms with Crippen LogP contribution in [0.1, 0.15) is 30.9 Å². The molecule has 5 heteroatoms. The number of hydrogen-bond acceptors (Lipinski definition) is 5. The van der Waals surface area contributed by atoms with Gasteiger partial charge in [0.15, 0.2) is 0 Å². The first-order valence-electron chi connectivity index (χ1n) is 7.96. The largest absolute Gasteiger partial charge is 0.425 e. The quantitative estimate of drug-likeness (QED) is 0.462. The molecule has 0 fully saturated rings. The van der Waals surface area contributed by atoms with E-state index >= 15 is 0 Å². The Morgan fingerprint density at radius 3 is 2.67 bits per heavy atom. The highest BCUT2D eigenvalue weighted by Gasteiger charge is 2.10. The molecule has 0 bridgehead atoms. The summed E-state index contributed by atoms with van der Waals surface area (Å²) < 4.78 is 5.25. The topological polar surface area (TPSA) is 88.1 Å². The highest BCUT2D eigenvalue weighted by Crippen LogP contribution is 2.22. The van der Waals surface area contributed by atoms with Gasteiger partial charge in [0.1, 0.15) is 12.3 Å². The fourth-order valence-corrected chi connectivity index (χ4v) is 2.35. The van der Waals surface area contributed by atoms with E-state index in [9.17, 15) is 10.1 Å². The van der Waals surface area contributed by atoms with Crippen LogP contribution in [0.2, 0.25) is 0 Å². The molecule has 2 rings (SSSR count). The maximum absolute atomic E-state index is 12.0. The van der Waals surface area contributed by atoms with E-state index in [-0.39, 0.29) is 6.54 Å². The van der Waals surface area contributed by atoms with Crippen molar-refractivity contribution in [1.29, 1.82) is 5.26 Å². The fraction of sp³-hybridized carbons (Fsp3) is 0.263. The number of esters is 1. The molecular formula is C19H21N3O2. The fourth-order valence-electron chi connectivity index (χ4n) is 2.35. The minimum atomic E-state index is -0.399. The van der Waals surface area contributed by atoms with Crippen molar-refractivity contribution < 1.29 is 9.53 Å². The van der Waals surface area contributed by atoms with Crippen LogP contribution in [0.25, 0.3) is 0 Å². The zero-order valence-electron chi connectivity index (χ0n) is 13.7. The van der Waals surface area contributed by atoms with Gasteiger partial charge >= 0.3 is 5.97 Å². The third-order valence-electron chi connectivity index (χ3n) is 3.61. The van der Waals surface area contributed by atoms with E-state index in [4.69, 9.17) is 10.5 Å². The van der Waals surface area contributed by atoms with E-state index in [2.05, 4.69) is 18.3 Å². The number of nitrogens with two attached hydrogens (primary N) is 1. The lowest BCUT2D eigenvalue weighted by Gasteiger charge is -2.13. The Bertz CT molecular complexity index is 733. The van der Waals surface area contributed by atoms with Gasteiger partial charge in [-0.05, 0) is 54.8 Å². The first-order chi connectivity index (χ1) is 11.6. The van der Waals surface area contributed by atoms with E-state index in [1.54, 1.807) is 30.3 Å². The zero-order chi connectivity index (χ0) is 17.4. The van der Waals surface area contributed by atoms with Crippen molar-refractivity contribution in [3.8, 4) is 11.8 Å². The second-order valence-electron chi connectivity index (χ2n) is 5.44. The number of nitrogens with one attached hydrogen (secondary N) is 1. The smallest absolute Gasteiger partial charge is 0.330 e. The number of rotatable bonds is 7. The van der Waals surface area contributed by atoms with Gasteiger partial charge in [-0.25, -0.2) is 4.79 Å². The first-order valence-corrected chi connectivity index (χ1v) is 7.96. The van der Waals surface area contributed by atoms with Gasteiger partial charge < -0.3 is 15.8 Å². The third-order valence-corrected chi connectivity index (χ3v) is 3.61. The van der Waals surface area contributed by atoms with Gasteiger partial charge in [0.05, 0.1) is 11.6 Å². The van der Waals surface area contributed by atoms with E-state index < -0.39 is 5.97 Å². The first kappa shape index (κ1) is 17.4. The average Bonchev–Trinajstić information content (AvgIpc) is 2.60. The Morgan fingerprint density at radius 2 is 2.00 bits per heavy atom. The van der Waals surface area contributed by atoms with Gasteiger partial charge in [-0.3, -0.25) is 0 Å². The second kappa shape index (κ2) is 8.59. The molecule has 0 unspecified atom stereocenters. The van der Waals surface area contributed by atoms with Crippen molar-refractivity contribution >= 4 is 17.3 Å². The molecule has 0 saturated carbocycles. The van der Waals surface area contributed by atoms with E-state index in [1.165, 1.54) is 0 Å². The molecule has 124 valence electrons. The summed E-state index contributed by atoms with van der Waals surface area (Å²) in [6.07, 6.45) is 2.83. The van der Waals surface area contributed by atoms with Crippen LogP contribution in [0, 0.1) is 11.3 Å². The highest BCUT2D eigenvalue weighted by atomic mass is 16.5. The predicted molar refractivity (Wildman–Crippen MR) is 94.7 cm³/mol. The van der Waals surface area contributed by atoms with E-state index in [0.717, 1.165) is 30.5 Å². The minimum absolute atomic E-state index is 0.0262. The summed E-state index contributed by atoms with van der Waals surface area (Å²) in [5.41, 5.74) is 8.60. The van der Waals surface area contributed by atoms with Crippen molar-refractivity contribution in [3.05, 3.63) is 53.6 Å². The maximum Gasteiger partial charge on any atom is 0.330 e. The molecule has 0 aliphatic heterocycles. The lowest BCUT2D eigenvalue weighted by molar-refractivity contribution is -0.132. The molecular weight excluding hydrogens is 302 g/mol. The van der Waals surface area contributed by atoms with Gasteiger partial charge in [0, 0.05) is 11.4 Å². The number of benzene rings is 2. The number of hydrogen-bond donors (Lipinski definition) is 2. The number of unbranched alkanes of at least 4 members (excludes halogenated alkanes) is 1. The summed E-state index contributed by atoms with van der Waals surface area (Å²) in [6, 6.07) is 14.3. The van der Waals surface area contributed by atoms with Crippen molar-refractivity contribution in [2.75, 3.05) is 17.6 Å². The molecule has 0 heterocycles. The molecule has 0 aromatic heterocycles. The lowest BCUT2D eigenvalue weighted by atomic mass is 10.0. The van der Waals surface area contributed by atoms with Crippen LogP contribution >= 0.6 is 0 Å².